The van der Waals surface area contributed by atoms with E-state index in [0.717, 1.165) is 40.6 Å². The van der Waals surface area contributed by atoms with Crippen LogP contribution in [0.5, 0.6) is 0 Å². The van der Waals surface area contributed by atoms with Gasteiger partial charge in [-0.05, 0) is 48.1 Å². The monoisotopic (exact) mass is 423 g/mol. The van der Waals surface area contributed by atoms with Crippen LogP contribution in [-0.2, 0) is 22.6 Å². The van der Waals surface area contributed by atoms with Crippen molar-refractivity contribution in [1.29, 1.82) is 0 Å². The molecule has 0 saturated heterocycles. The number of fused-ring (bicyclic) bond motifs is 3. The van der Waals surface area contributed by atoms with E-state index in [1.54, 1.807) is 0 Å². The van der Waals surface area contributed by atoms with Crippen molar-refractivity contribution in [3.8, 4) is 0 Å². The second kappa shape index (κ2) is 8.46. The zero-order chi connectivity index (χ0) is 22.1. The van der Waals surface area contributed by atoms with Crippen LogP contribution in [0.3, 0.4) is 0 Å². The first kappa shape index (κ1) is 20.3. The van der Waals surface area contributed by atoms with Gasteiger partial charge < -0.3 is 4.74 Å². The number of carbonyl (C=O) groups excluding carboxylic acids is 2. The number of benzene rings is 3. The van der Waals surface area contributed by atoms with Crippen molar-refractivity contribution in [2.24, 2.45) is 5.92 Å². The molecule has 0 saturated carbocycles. The molecule has 2 atom stereocenters. The molecule has 0 N–H and O–H groups in total. The Balaban J connectivity index is 1.58. The van der Waals surface area contributed by atoms with Gasteiger partial charge in [-0.1, -0.05) is 73.7 Å². The molecule has 0 spiro atoms. The standard InChI is InChI=1S/C28H25NO3/c1-19-16-17-24-26(25(19)28(31)32-18-20-10-4-2-5-11-20)22-14-8-9-15-23(22)29(24)27(30)21-12-6-3-7-13-21/h2-15,19,25H,16-18H2,1H3. The second-order valence-electron chi connectivity index (χ2n) is 8.47. The molecule has 0 bridgehead atoms. The molecular formula is C28H25NO3. The lowest BCUT2D eigenvalue weighted by molar-refractivity contribution is -0.148. The van der Waals surface area contributed by atoms with Gasteiger partial charge in [0.15, 0.2) is 0 Å². The molecule has 0 amide bonds. The van der Waals surface area contributed by atoms with Crippen molar-refractivity contribution >= 4 is 22.8 Å². The molecule has 1 heterocycles. The highest BCUT2D eigenvalue weighted by Crippen LogP contribution is 2.43. The van der Waals surface area contributed by atoms with Crippen molar-refractivity contribution in [2.45, 2.75) is 32.3 Å². The van der Waals surface area contributed by atoms with Gasteiger partial charge in [0, 0.05) is 16.6 Å². The van der Waals surface area contributed by atoms with Gasteiger partial charge in [0.2, 0.25) is 0 Å². The van der Waals surface area contributed by atoms with Crippen molar-refractivity contribution in [1.82, 2.24) is 4.57 Å². The molecular weight excluding hydrogens is 398 g/mol. The van der Waals surface area contributed by atoms with E-state index >= 15 is 0 Å². The Kier molecular flexibility index (Phi) is 5.36. The fourth-order valence-corrected chi connectivity index (χ4v) is 4.84. The molecule has 4 aromatic rings. The third-order valence-corrected chi connectivity index (χ3v) is 6.43. The first-order valence-electron chi connectivity index (χ1n) is 11.1. The van der Waals surface area contributed by atoms with Crippen molar-refractivity contribution in [3.05, 3.63) is 107 Å². The number of carbonyl (C=O) groups is 2. The molecule has 0 fully saturated rings. The van der Waals surface area contributed by atoms with Crippen molar-refractivity contribution in [2.75, 3.05) is 0 Å². The summed E-state index contributed by atoms with van der Waals surface area (Å²) < 4.78 is 7.57. The van der Waals surface area contributed by atoms with Crippen LogP contribution in [0.1, 0.15) is 46.4 Å². The zero-order valence-electron chi connectivity index (χ0n) is 18.0. The average Bonchev–Trinajstić information content (AvgIpc) is 3.17. The molecule has 1 aliphatic carbocycles. The number of hydrogen-bond donors (Lipinski definition) is 0. The van der Waals surface area contributed by atoms with Crippen LogP contribution in [0, 0.1) is 5.92 Å². The predicted octanol–water partition coefficient (Wildman–Crippen LogP) is 5.74. The summed E-state index contributed by atoms with van der Waals surface area (Å²) in [5.74, 6) is -0.541. The smallest absolute Gasteiger partial charge is 0.314 e. The fourth-order valence-electron chi connectivity index (χ4n) is 4.84. The third-order valence-electron chi connectivity index (χ3n) is 6.43. The number of hydrogen-bond acceptors (Lipinski definition) is 3. The molecule has 0 radical (unpaired) electrons. The summed E-state index contributed by atoms with van der Waals surface area (Å²) in [6, 6.07) is 26.9. The largest absolute Gasteiger partial charge is 0.460 e. The van der Waals surface area contributed by atoms with Crippen molar-refractivity contribution < 1.29 is 14.3 Å². The van der Waals surface area contributed by atoms with E-state index in [1.165, 1.54) is 0 Å². The Morgan fingerprint density at radius 1 is 0.906 bits per heavy atom. The summed E-state index contributed by atoms with van der Waals surface area (Å²) in [6.07, 6.45) is 1.59. The van der Waals surface area contributed by atoms with Crippen LogP contribution < -0.4 is 0 Å². The van der Waals surface area contributed by atoms with Gasteiger partial charge in [-0.3, -0.25) is 14.2 Å². The first-order valence-corrected chi connectivity index (χ1v) is 11.1. The van der Waals surface area contributed by atoms with E-state index < -0.39 is 5.92 Å². The van der Waals surface area contributed by atoms with Gasteiger partial charge in [0.1, 0.15) is 6.61 Å². The van der Waals surface area contributed by atoms with Crippen LogP contribution in [0.4, 0.5) is 0 Å². The van der Waals surface area contributed by atoms with Crippen LogP contribution in [-0.4, -0.2) is 16.4 Å². The number of nitrogens with zero attached hydrogens (tertiary/aromatic N) is 1. The lowest BCUT2D eigenvalue weighted by Crippen LogP contribution is -2.28. The van der Waals surface area contributed by atoms with E-state index in [9.17, 15) is 9.59 Å². The number of esters is 1. The maximum Gasteiger partial charge on any atom is 0.314 e. The first-order chi connectivity index (χ1) is 15.6. The normalized spacial score (nSPS) is 17.7. The Hall–Kier alpha value is -3.66. The summed E-state index contributed by atoms with van der Waals surface area (Å²) in [5.41, 5.74) is 4.33. The van der Waals surface area contributed by atoms with E-state index in [0.29, 0.717) is 5.56 Å². The Morgan fingerprint density at radius 3 is 2.31 bits per heavy atom. The summed E-state index contributed by atoms with van der Waals surface area (Å²) in [4.78, 5) is 26.8. The second-order valence-corrected chi connectivity index (χ2v) is 8.47. The van der Waals surface area contributed by atoms with Gasteiger partial charge in [-0.25, -0.2) is 0 Å². The van der Waals surface area contributed by atoms with Crippen LogP contribution in [0.25, 0.3) is 10.9 Å². The van der Waals surface area contributed by atoms with Gasteiger partial charge in [-0.15, -0.1) is 0 Å². The van der Waals surface area contributed by atoms with Gasteiger partial charge in [0.25, 0.3) is 5.91 Å². The van der Waals surface area contributed by atoms with Crippen LogP contribution >= 0.6 is 0 Å². The molecule has 160 valence electrons. The Labute approximate surface area is 187 Å². The minimum absolute atomic E-state index is 0.0611. The van der Waals surface area contributed by atoms with Crippen LogP contribution in [0.15, 0.2) is 84.9 Å². The van der Waals surface area contributed by atoms with Gasteiger partial charge in [0.05, 0.1) is 11.4 Å². The molecule has 3 aromatic carbocycles. The maximum absolute atomic E-state index is 13.5. The number of ether oxygens (including phenoxy) is 1. The fraction of sp³-hybridized carbons (Fsp3) is 0.214. The molecule has 32 heavy (non-hydrogen) atoms. The van der Waals surface area contributed by atoms with Crippen molar-refractivity contribution in [3.63, 3.8) is 0 Å². The molecule has 4 heteroatoms. The third kappa shape index (κ3) is 3.52. The number of aromatic nitrogens is 1. The highest BCUT2D eigenvalue weighted by atomic mass is 16.5. The molecule has 2 unspecified atom stereocenters. The summed E-state index contributed by atoms with van der Waals surface area (Å²) >= 11 is 0. The van der Waals surface area contributed by atoms with Crippen LogP contribution in [0.2, 0.25) is 0 Å². The zero-order valence-corrected chi connectivity index (χ0v) is 18.0. The predicted molar refractivity (Wildman–Crippen MR) is 125 cm³/mol. The highest BCUT2D eigenvalue weighted by molar-refractivity contribution is 6.05. The molecule has 4 nitrogen and oxygen atoms in total. The topological polar surface area (TPSA) is 48.3 Å². The lowest BCUT2D eigenvalue weighted by atomic mass is 9.77. The molecule has 1 aromatic heterocycles. The van der Waals surface area contributed by atoms with Gasteiger partial charge in [-0.2, -0.15) is 0 Å². The lowest BCUT2D eigenvalue weighted by Gasteiger charge is -2.29. The quantitative estimate of drug-likeness (QED) is 0.393. The molecule has 0 aliphatic heterocycles. The average molecular weight is 424 g/mol. The Bertz CT molecular complexity index is 1270. The highest BCUT2D eigenvalue weighted by Gasteiger charge is 2.38. The number of rotatable bonds is 4. The summed E-state index contributed by atoms with van der Waals surface area (Å²) in [6.45, 7) is 2.35. The molecule has 1 aliphatic rings. The van der Waals surface area contributed by atoms with E-state index in [2.05, 4.69) is 6.92 Å². The molecule has 5 rings (SSSR count). The minimum Gasteiger partial charge on any atom is -0.460 e. The van der Waals surface area contributed by atoms with E-state index in [1.807, 2.05) is 89.5 Å². The number of para-hydroxylation sites is 1. The minimum atomic E-state index is -0.391. The summed E-state index contributed by atoms with van der Waals surface area (Å²) in [5, 5.41) is 0.958. The van der Waals surface area contributed by atoms with Gasteiger partial charge >= 0.3 is 5.97 Å². The Morgan fingerprint density at radius 2 is 1.56 bits per heavy atom. The summed E-state index contributed by atoms with van der Waals surface area (Å²) in [7, 11) is 0. The van der Waals surface area contributed by atoms with E-state index in [4.69, 9.17) is 4.74 Å². The maximum atomic E-state index is 13.5. The SMILES string of the molecule is CC1CCc2c(c3ccccc3n2C(=O)c2ccccc2)C1C(=O)OCc1ccccc1. The van der Waals surface area contributed by atoms with E-state index in [-0.39, 0.29) is 24.4 Å².